The Kier molecular flexibility index (Phi) is 4.43. The van der Waals surface area contributed by atoms with Crippen molar-refractivity contribution in [3.8, 4) is 6.07 Å². The predicted molar refractivity (Wildman–Crippen MR) is 101 cm³/mol. The molecule has 4 aliphatic rings. The van der Waals surface area contributed by atoms with Crippen molar-refractivity contribution in [3.05, 3.63) is 34.9 Å². The van der Waals surface area contributed by atoms with E-state index in [2.05, 4.69) is 32.1 Å². The van der Waals surface area contributed by atoms with Gasteiger partial charge in [-0.05, 0) is 72.2 Å². The number of aliphatic hydroxyl groups excluding tert-OH is 1. The largest absolute Gasteiger partial charge is 0.392 e. The fraction of sp³-hybridized carbons (Fsp3) is 0.652. The highest BCUT2D eigenvalue weighted by Crippen LogP contribution is 2.62. The van der Waals surface area contributed by atoms with Gasteiger partial charge >= 0.3 is 0 Å². The number of hydrogen-bond acceptors (Lipinski definition) is 3. The van der Waals surface area contributed by atoms with Crippen molar-refractivity contribution >= 4 is 5.78 Å². The van der Waals surface area contributed by atoms with Crippen LogP contribution in [0.3, 0.4) is 0 Å². The number of rotatable bonds is 3. The maximum atomic E-state index is 11.8. The predicted octanol–water partition coefficient (Wildman–Crippen LogP) is 4.50. The molecule has 1 fully saturated rings. The Morgan fingerprint density at radius 3 is 2.92 bits per heavy atom. The van der Waals surface area contributed by atoms with Crippen molar-refractivity contribution in [2.75, 3.05) is 0 Å². The number of aliphatic hydroxyl groups is 1. The highest BCUT2D eigenvalue weighted by Gasteiger charge is 2.59. The Labute approximate surface area is 156 Å². The molecule has 0 amide bonds. The van der Waals surface area contributed by atoms with Gasteiger partial charge in [-0.25, -0.2) is 0 Å². The first kappa shape index (κ1) is 17.7. The van der Waals surface area contributed by atoms with Crippen LogP contribution in [0.5, 0.6) is 0 Å². The molecule has 0 aromatic heterocycles. The molecule has 0 heterocycles. The molecule has 0 aromatic carbocycles. The van der Waals surface area contributed by atoms with E-state index in [0.717, 1.165) is 32.1 Å². The molecule has 2 unspecified atom stereocenters. The van der Waals surface area contributed by atoms with Crippen LogP contribution in [0.15, 0.2) is 34.9 Å². The first-order chi connectivity index (χ1) is 12.5. The van der Waals surface area contributed by atoms with Gasteiger partial charge < -0.3 is 5.11 Å². The van der Waals surface area contributed by atoms with E-state index in [1.54, 1.807) is 0 Å². The summed E-state index contributed by atoms with van der Waals surface area (Å²) in [7, 11) is 0. The van der Waals surface area contributed by atoms with Crippen LogP contribution in [0.1, 0.15) is 58.8 Å². The highest BCUT2D eigenvalue weighted by molar-refractivity contribution is 5.93. The van der Waals surface area contributed by atoms with Crippen molar-refractivity contribution in [2.45, 2.75) is 64.9 Å². The van der Waals surface area contributed by atoms with Gasteiger partial charge in [0.15, 0.2) is 5.78 Å². The van der Waals surface area contributed by atoms with Crippen LogP contribution >= 0.6 is 0 Å². The summed E-state index contributed by atoms with van der Waals surface area (Å²) in [6, 6.07) is 2.34. The zero-order chi connectivity index (χ0) is 18.5. The summed E-state index contributed by atoms with van der Waals surface area (Å²) in [5.74, 6) is 1.63. The van der Waals surface area contributed by atoms with Gasteiger partial charge in [0, 0.05) is 18.3 Å². The monoisotopic (exact) mass is 351 g/mol. The van der Waals surface area contributed by atoms with E-state index in [1.807, 2.05) is 6.08 Å². The standard InChI is InChI=1S/C23H29NO2/c1-3-15-13-21-20-6-4-16-12-17(25)5-7-18(16)19(20)8-10-23(21,22(15)26)14(2)9-11-24/h8,10,12,14-15,20-22,26H,3-7,9,13H2,1-2H3/t14?,15?,20-,21+,22+,23-/m1/s1. The molecule has 138 valence electrons. The summed E-state index contributed by atoms with van der Waals surface area (Å²) in [6.45, 7) is 4.32. The molecule has 0 saturated heterocycles. The van der Waals surface area contributed by atoms with E-state index in [-0.39, 0.29) is 23.2 Å². The van der Waals surface area contributed by atoms with E-state index in [0.29, 0.717) is 30.6 Å². The van der Waals surface area contributed by atoms with Gasteiger partial charge in [0.1, 0.15) is 0 Å². The fourth-order valence-corrected chi connectivity index (χ4v) is 6.43. The average Bonchev–Trinajstić information content (AvgIpc) is 2.94. The smallest absolute Gasteiger partial charge is 0.156 e. The lowest BCUT2D eigenvalue weighted by Gasteiger charge is -2.49. The third kappa shape index (κ3) is 2.38. The maximum Gasteiger partial charge on any atom is 0.156 e. The number of hydrogen-bond donors (Lipinski definition) is 1. The van der Waals surface area contributed by atoms with Crippen LogP contribution in [0.2, 0.25) is 0 Å². The molecular weight excluding hydrogens is 322 g/mol. The Bertz CT molecular complexity index is 753. The lowest BCUT2D eigenvalue weighted by molar-refractivity contribution is -0.114. The Balaban J connectivity index is 1.82. The number of allylic oxidation sites excluding steroid dienone is 5. The number of ketones is 1. The normalized spacial score (nSPS) is 39.6. The molecule has 3 heteroatoms. The second-order valence-electron chi connectivity index (χ2n) is 8.77. The maximum absolute atomic E-state index is 11.8. The van der Waals surface area contributed by atoms with Crippen LogP contribution in [0.25, 0.3) is 0 Å². The SMILES string of the molecule is CCC1C[C@H]2[C@@H]3CCC4=CC(=O)CCC4=C3C=C[C@]2(C(C)CC#N)[C@H]1O. The zero-order valence-electron chi connectivity index (χ0n) is 15.9. The summed E-state index contributed by atoms with van der Waals surface area (Å²) in [5.41, 5.74) is 3.80. The summed E-state index contributed by atoms with van der Waals surface area (Å²) >= 11 is 0. The van der Waals surface area contributed by atoms with Gasteiger partial charge in [0.25, 0.3) is 0 Å². The third-order valence-electron chi connectivity index (χ3n) is 7.79. The molecule has 0 spiro atoms. The van der Waals surface area contributed by atoms with Crippen LogP contribution < -0.4 is 0 Å². The molecule has 26 heavy (non-hydrogen) atoms. The minimum absolute atomic E-state index is 0.164. The van der Waals surface area contributed by atoms with E-state index >= 15 is 0 Å². The van der Waals surface area contributed by atoms with Gasteiger partial charge in [-0.2, -0.15) is 5.26 Å². The number of nitriles is 1. The molecule has 0 bridgehead atoms. The first-order valence-electron chi connectivity index (χ1n) is 10.2. The first-order valence-corrected chi connectivity index (χ1v) is 10.2. The van der Waals surface area contributed by atoms with Gasteiger partial charge in [-0.15, -0.1) is 0 Å². The lowest BCUT2D eigenvalue weighted by Crippen LogP contribution is -2.46. The molecule has 3 nitrogen and oxygen atoms in total. The van der Waals surface area contributed by atoms with Gasteiger partial charge in [-0.1, -0.05) is 32.4 Å². The summed E-state index contributed by atoms with van der Waals surface area (Å²) in [5, 5.41) is 20.6. The quantitative estimate of drug-likeness (QED) is 0.814. The number of carbonyl (C=O) groups is 1. The summed E-state index contributed by atoms with van der Waals surface area (Å²) < 4.78 is 0. The number of nitrogens with zero attached hydrogens (tertiary/aromatic N) is 1. The van der Waals surface area contributed by atoms with Crippen molar-refractivity contribution in [1.82, 2.24) is 0 Å². The third-order valence-corrected chi connectivity index (χ3v) is 7.79. The van der Waals surface area contributed by atoms with Gasteiger partial charge in [0.2, 0.25) is 0 Å². The van der Waals surface area contributed by atoms with Crippen LogP contribution in [0.4, 0.5) is 0 Å². The molecule has 0 radical (unpaired) electrons. The molecule has 6 atom stereocenters. The van der Waals surface area contributed by atoms with Gasteiger partial charge in [-0.3, -0.25) is 4.79 Å². The Hall–Kier alpha value is -1.66. The van der Waals surface area contributed by atoms with E-state index < -0.39 is 0 Å². The van der Waals surface area contributed by atoms with Crippen molar-refractivity contribution < 1.29 is 9.90 Å². The van der Waals surface area contributed by atoms with Crippen molar-refractivity contribution in [3.63, 3.8) is 0 Å². The lowest BCUT2D eigenvalue weighted by atomic mass is 9.56. The topological polar surface area (TPSA) is 61.1 Å². The molecule has 0 aromatic rings. The minimum Gasteiger partial charge on any atom is -0.392 e. The zero-order valence-corrected chi connectivity index (χ0v) is 15.9. The molecular formula is C23H29NO2. The minimum atomic E-state index is -0.353. The van der Waals surface area contributed by atoms with E-state index in [9.17, 15) is 15.2 Å². The molecule has 1 saturated carbocycles. The van der Waals surface area contributed by atoms with E-state index in [1.165, 1.54) is 16.7 Å². The van der Waals surface area contributed by atoms with E-state index in [4.69, 9.17) is 0 Å². The Morgan fingerprint density at radius 2 is 2.19 bits per heavy atom. The van der Waals surface area contributed by atoms with Crippen LogP contribution in [-0.2, 0) is 4.79 Å². The summed E-state index contributed by atoms with van der Waals surface area (Å²) in [4.78, 5) is 11.8. The number of fused-ring (bicyclic) bond motifs is 4. The highest BCUT2D eigenvalue weighted by atomic mass is 16.3. The van der Waals surface area contributed by atoms with Crippen molar-refractivity contribution in [1.29, 1.82) is 5.26 Å². The second kappa shape index (κ2) is 6.50. The number of carbonyl (C=O) groups excluding carboxylic acids is 1. The molecule has 4 aliphatic carbocycles. The molecule has 1 N–H and O–H groups in total. The van der Waals surface area contributed by atoms with Crippen LogP contribution in [0, 0.1) is 40.4 Å². The van der Waals surface area contributed by atoms with Crippen LogP contribution in [-0.4, -0.2) is 17.0 Å². The molecule has 0 aliphatic heterocycles. The summed E-state index contributed by atoms with van der Waals surface area (Å²) in [6.07, 6.45) is 12.1. The average molecular weight is 351 g/mol. The second-order valence-corrected chi connectivity index (χ2v) is 8.77. The molecule has 4 rings (SSSR count). The van der Waals surface area contributed by atoms with Crippen molar-refractivity contribution in [2.24, 2.45) is 29.1 Å². The Morgan fingerprint density at radius 1 is 1.38 bits per heavy atom. The fourth-order valence-electron chi connectivity index (χ4n) is 6.43. The van der Waals surface area contributed by atoms with Gasteiger partial charge in [0.05, 0.1) is 12.2 Å².